The molecule has 0 spiro atoms. The molecule has 3 aromatic carbocycles. The fourth-order valence-corrected chi connectivity index (χ4v) is 3.14. The molecule has 0 saturated heterocycles. The van der Waals surface area contributed by atoms with Gasteiger partial charge in [0.1, 0.15) is 5.52 Å². The van der Waals surface area contributed by atoms with Crippen molar-refractivity contribution in [3.05, 3.63) is 95.6 Å². The third-order valence-corrected chi connectivity index (χ3v) is 4.61. The SMILES string of the molecule is Cc1cccc(C(=O)[C@H](Cn2nnc3ccccc32)OC(=O)c2ccccc2)c1. The fourth-order valence-electron chi connectivity index (χ4n) is 3.14. The standard InChI is InChI=1S/C23H19N3O3/c1-16-8-7-11-18(14-16)22(27)21(29-23(28)17-9-3-2-4-10-17)15-26-20-13-6-5-12-19(20)24-25-26/h2-14,21H,15H2,1H3/t21-/m0/s1. The van der Waals surface area contributed by atoms with E-state index in [0.29, 0.717) is 16.6 Å². The number of aryl methyl sites for hydroxylation is 1. The van der Waals surface area contributed by atoms with E-state index in [1.165, 1.54) is 0 Å². The van der Waals surface area contributed by atoms with Crippen molar-refractivity contribution in [3.8, 4) is 0 Å². The highest BCUT2D eigenvalue weighted by molar-refractivity contribution is 6.01. The topological polar surface area (TPSA) is 74.1 Å². The number of aromatic nitrogens is 3. The number of fused-ring (bicyclic) bond motifs is 1. The fraction of sp³-hybridized carbons (Fsp3) is 0.130. The summed E-state index contributed by atoms with van der Waals surface area (Å²) in [5.41, 5.74) is 3.31. The summed E-state index contributed by atoms with van der Waals surface area (Å²) in [6.07, 6.45) is -1.03. The van der Waals surface area contributed by atoms with Crippen molar-refractivity contribution < 1.29 is 14.3 Å². The molecule has 4 rings (SSSR count). The Morgan fingerprint density at radius 2 is 1.66 bits per heavy atom. The van der Waals surface area contributed by atoms with Crippen LogP contribution in [0.15, 0.2) is 78.9 Å². The first-order valence-corrected chi connectivity index (χ1v) is 9.27. The highest BCUT2D eigenvalue weighted by Crippen LogP contribution is 2.16. The summed E-state index contributed by atoms with van der Waals surface area (Å²) in [5, 5.41) is 8.25. The number of hydrogen-bond acceptors (Lipinski definition) is 5. The van der Waals surface area contributed by atoms with Crippen molar-refractivity contribution in [1.29, 1.82) is 0 Å². The molecule has 0 amide bonds. The minimum absolute atomic E-state index is 0.0753. The van der Waals surface area contributed by atoms with Crippen LogP contribution in [0.2, 0.25) is 0 Å². The molecule has 0 radical (unpaired) electrons. The molecule has 6 nitrogen and oxygen atoms in total. The van der Waals surface area contributed by atoms with E-state index in [1.54, 1.807) is 41.1 Å². The number of ether oxygens (including phenoxy) is 1. The maximum Gasteiger partial charge on any atom is 0.338 e. The molecule has 144 valence electrons. The van der Waals surface area contributed by atoms with Crippen LogP contribution in [0, 0.1) is 6.92 Å². The first-order chi connectivity index (χ1) is 14.1. The van der Waals surface area contributed by atoms with Crippen LogP contribution in [-0.4, -0.2) is 32.9 Å². The molecule has 29 heavy (non-hydrogen) atoms. The van der Waals surface area contributed by atoms with Crippen LogP contribution in [0.5, 0.6) is 0 Å². The molecule has 0 bridgehead atoms. The quantitative estimate of drug-likeness (QED) is 0.372. The minimum Gasteiger partial charge on any atom is -0.448 e. The van der Waals surface area contributed by atoms with Gasteiger partial charge in [-0.2, -0.15) is 0 Å². The highest BCUT2D eigenvalue weighted by Gasteiger charge is 2.26. The van der Waals surface area contributed by atoms with Crippen LogP contribution in [0.3, 0.4) is 0 Å². The summed E-state index contributed by atoms with van der Waals surface area (Å²) in [5.74, 6) is -0.835. The largest absolute Gasteiger partial charge is 0.448 e. The molecule has 0 N–H and O–H groups in total. The Bertz CT molecular complexity index is 1170. The summed E-state index contributed by atoms with van der Waals surface area (Å²) in [4.78, 5) is 25.8. The van der Waals surface area contributed by atoms with Gasteiger partial charge in [0, 0.05) is 5.56 Å². The zero-order valence-electron chi connectivity index (χ0n) is 15.9. The van der Waals surface area contributed by atoms with Gasteiger partial charge in [-0.3, -0.25) is 4.79 Å². The van der Waals surface area contributed by atoms with Crippen molar-refractivity contribution in [3.63, 3.8) is 0 Å². The van der Waals surface area contributed by atoms with Crippen LogP contribution in [0.25, 0.3) is 11.0 Å². The van der Waals surface area contributed by atoms with Crippen LogP contribution < -0.4 is 0 Å². The van der Waals surface area contributed by atoms with Crippen molar-refractivity contribution in [2.75, 3.05) is 0 Å². The van der Waals surface area contributed by atoms with Crippen molar-refractivity contribution >= 4 is 22.8 Å². The number of rotatable bonds is 6. The van der Waals surface area contributed by atoms with Crippen LogP contribution in [0.1, 0.15) is 26.3 Å². The number of esters is 1. The van der Waals surface area contributed by atoms with Crippen LogP contribution >= 0.6 is 0 Å². The van der Waals surface area contributed by atoms with Gasteiger partial charge in [-0.25, -0.2) is 9.48 Å². The van der Waals surface area contributed by atoms with Gasteiger partial charge >= 0.3 is 5.97 Å². The molecule has 1 heterocycles. The van der Waals surface area contributed by atoms with Gasteiger partial charge in [-0.1, -0.05) is 59.3 Å². The first kappa shape index (κ1) is 18.6. The van der Waals surface area contributed by atoms with Gasteiger partial charge in [0.2, 0.25) is 5.78 Å². The minimum atomic E-state index is -1.03. The number of Topliss-reactive ketones (excluding diaryl/α,β-unsaturated/α-hetero) is 1. The number of benzene rings is 3. The third kappa shape index (κ3) is 4.06. The Morgan fingerprint density at radius 1 is 0.931 bits per heavy atom. The Hall–Kier alpha value is -3.80. The number of nitrogens with zero attached hydrogens (tertiary/aromatic N) is 3. The van der Waals surface area contributed by atoms with Crippen molar-refractivity contribution in [1.82, 2.24) is 15.0 Å². The Labute approximate surface area is 167 Å². The van der Waals surface area contributed by atoms with Gasteiger partial charge in [-0.15, -0.1) is 5.10 Å². The highest BCUT2D eigenvalue weighted by atomic mass is 16.5. The maximum absolute atomic E-state index is 13.2. The van der Waals surface area contributed by atoms with E-state index in [0.717, 1.165) is 11.1 Å². The van der Waals surface area contributed by atoms with Gasteiger partial charge in [0.25, 0.3) is 0 Å². The third-order valence-electron chi connectivity index (χ3n) is 4.61. The molecule has 0 saturated carbocycles. The number of carbonyl (C=O) groups excluding carboxylic acids is 2. The molecule has 0 aliphatic rings. The van der Waals surface area contributed by atoms with Crippen molar-refractivity contribution in [2.24, 2.45) is 0 Å². The number of carbonyl (C=O) groups is 2. The number of ketones is 1. The van der Waals surface area contributed by atoms with Crippen molar-refractivity contribution in [2.45, 2.75) is 19.6 Å². The Kier molecular flexibility index (Phi) is 5.16. The molecule has 0 fully saturated rings. The first-order valence-electron chi connectivity index (χ1n) is 9.27. The number of para-hydroxylation sites is 1. The lowest BCUT2D eigenvalue weighted by molar-refractivity contribution is 0.0245. The maximum atomic E-state index is 13.2. The zero-order valence-corrected chi connectivity index (χ0v) is 15.9. The number of hydrogen-bond donors (Lipinski definition) is 0. The van der Waals surface area contributed by atoms with Crippen LogP contribution in [-0.2, 0) is 11.3 Å². The van der Waals surface area contributed by atoms with E-state index < -0.39 is 12.1 Å². The average Bonchev–Trinajstić information content (AvgIpc) is 3.16. The molecule has 0 aliphatic carbocycles. The lowest BCUT2D eigenvalue weighted by Gasteiger charge is -2.17. The Morgan fingerprint density at radius 3 is 2.45 bits per heavy atom. The van der Waals surface area contributed by atoms with Gasteiger partial charge < -0.3 is 4.74 Å². The summed E-state index contributed by atoms with van der Waals surface area (Å²) >= 11 is 0. The molecule has 6 heteroatoms. The zero-order chi connectivity index (χ0) is 20.2. The van der Waals surface area contributed by atoms with E-state index in [-0.39, 0.29) is 12.3 Å². The molecule has 1 aromatic heterocycles. The van der Waals surface area contributed by atoms with E-state index in [9.17, 15) is 9.59 Å². The normalized spacial score (nSPS) is 11.9. The lowest BCUT2D eigenvalue weighted by atomic mass is 10.0. The van der Waals surface area contributed by atoms with E-state index in [4.69, 9.17) is 4.74 Å². The Balaban J connectivity index is 1.66. The molecule has 0 aliphatic heterocycles. The molecule has 1 atom stereocenters. The summed E-state index contributed by atoms with van der Waals surface area (Å²) in [6, 6.07) is 23.3. The monoisotopic (exact) mass is 385 g/mol. The second kappa shape index (κ2) is 8.06. The van der Waals surface area contributed by atoms with E-state index in [2.05, 4.69) is 10.3 Å². The molecule has 0 unspecified atom stereocenters. The van der Waals surface area contributed by atoms with Crippen LogP contribution in [0.4, 0.5) is 0 Å². The smallest absolute Gasteiger partial charge is 0.338 e. The molecular weight excluding hydrogens is 366 g/mol. The van der Waals surface area contributed by atoms with E-state index in [1.807, 2.05) is 49.4 Å². The molecular formula is C23H19N3O3. The average molecular weight is 385 g/mol. The predicted octanol–water partition coefficient (Wildman–Crippen LogP) is 3.85. The second-order valence-electron chi connectivity index (χ2n) is 6.75. The van der Waals surface area contributed by atoms with E-state index >= 15 is 0 Å². The predicted molar refractivity (Wildman–Crippen MR) is 109 cm³/mol. The second-order valence-corrected chi connectivity index (χ2v) is 6.75. The summed E-state index contributed by atoms with van der Waals surface area (Å²) < 4.78 is 7.23. The van der Waals surface area contributed by atoms with Gasteiger partial charge in [0.05, 0.1) is 17.6 Å². The summed E-state index contributed by atoms with van der Waals surface area (Å²) in [6.45, 7) is 1.98. The lowest BCUT2D eigenvalue weighted by Crippen LogP contribution is -2.32. The van der Waals surface area contributed by atoms with Gasteiger partial charge in [-0.05, 0) is 37.3 Å². The molecule has 4 aromatic rings. The van der Waals surface area contributed by atoms with Gasteiger partial charge in [0.15, 0.2) is 6.10 Å². The summed E-state index contributed by atoms with van der Waals surface area (Å²) in [7, 11) is 0.